The molecular weight excluding hydrogens is 553 g/mol. The molecule has 4 rings (SSSR count). The molecule has 0 fully saturated rings. The van der Waals surface area contributed by atoms with E-state index in [9.17, 15) is 0 Å². The lowest BCUT2D eigenvalue weighted by molar-refractivity contribution is 0.633. The predicted molar refractivity (Wildman–Crippen MR) is 194 cm³/mol. The van der Waals surface area contributed by atoms with Crippen LogP contribution in [0.5, 0.6) is 0 Å². The lowest BCUT2D eigenvalue weighted by Gasteiger charge is -2.26. The molecule has 0 aromatic heterocycles. The maximum Gasteiger partial charge on any atom is 0.228 e. The Morgan fingerprint density at radius 2 is 0.558 bits per heavy atom. The maximum atomic E-state index is 7.56. The fraction of sp³-hybridized carbons (Fsp3) is 0.400. The van der Waals surface area contributed by atoms with Gasteiger partial charge in [-0.2, -0.15) is 0 Å². The first-order chi connectivity index (χ1) is 21.1. The molecule has 1 nitrogen and oxygen atoms in total. The summed E-state index contributed by atoms with van der Waals surface area (Å²) in [4.78, 5) is 0. The molecule has 0 unspecified atom stereocenters. The second-order valence-corrected chi connectivity index (χ2v) is 17.6. The molecule has 0 heterocycles. The summed E-state index contributed by atoms with van der Waals surface area (Å²) in [6.45, 7) is 9.08. The summed E-state index contributed by atoms with van der Waals surface area (Å²) in [5.74, 6) is 0. The third kappa shape index (κ3) is 10.2. The van der Waals surface area contributed by atoms with Gasteiger partial charge >= 0.3 is 0 Å². The zero-order valence-corrected chi connectivity index (χ0v) is 29.6. The molecule has 4 aromatic rings. The van der Waals surface area contributed by atoms with E-state index in [0.717, 1.165) is 25.7 Å². The van der Waals surface area contributed by atoms with Crippen molar-refractivity contribution in [2.45, 2.75) is 105 Å². The first-order valence-electron chi connectivity index (χ1n) is 17.2. The standard InChI is InChI=1S/C40H54OSi2/c1-5-9-13-33-17-25-37(26-18-33)42(38-27-19-34(20-28-38)14-10-6-2)41-43(39-29-21-35(22-30-39)15-11-7-3)40-31-23-36(24-32-40)16-12-8-4/h17-32,42-43H,5-16H2,1-4H3. The number of unbranched alkanes of at least 4 members (excludes halogenated alkanes) is 4. The highest BCUT2D eigenvalue weighted by molar-refractivity contribution is 6.91. The molecule has 0 amide bonds. The highest BCUT2D eigenvalue weighted by atomic mass is 28.4. The quantitative estimate of drug-likeness (QED) is 0.107. The monoisotopic (exact) mass is 606 g/mol. The molecule has 0 radical (unpaired) electrons. The Morgan fingerprint density at radius 3 is 0.744 bits per heavy atom. The van der Waals surface area contributed by atoms with Gasteiger partial charge in [0.2, 0.25) is 18.1 Å². The smallest absolute Gasteiger partial charge is 0.228 e. The van der Waals surface area contributed by atoms with Gasteiger partial charge in [-0.15, -0.1) is 0 Å². The van der Waals surface area contributed by atoms with Crippen molar-refractivity contribution in [3.8, 4) is 0 Å². The summed E-state index contributed by atoms with van der Waals surface area (Å²) < 4.78 is 7.56. The Kier molecular flexibility index (Phi) is 14.0. The Bertz CT molecular complexity index is 1100. The van der Waals surface area contributed by atoms with Crippen LogP contribution in [0.3, 0.4) is 0 Å². The average Bonchev–Trinajstić information content (AvgIpc) is 3.06. The third-order valence-electron chi connectivity index (χ3n) is 8.68. The molecule has 0 saturated carbocycles. The second-order valence-electron chi connectivity index (χ2n) is 12.3. The van der Waals surface area contributed by atoms with E-state index in [-0.39, 0.29) is 0 Å². The fourth-order valence-electron chi connectivity index (χ4n) is 5.80. The Balaban J connectivity index is 1.71. The summed E-state index contributed by atoms with van der Waals surface area (Å²) >= 11 is 0. The van der Waals surface area contributed by atoms with Crippen LogP contribution in [0.15, 0.2) is 97.1 Å². The minimum Gasteiger partial charge on any atom is -0.446 e. The number of hydrogen-bond acceptors (Lipinski definition) is 1. The van der Waals surface area contributed by atoms with Gasteiger partial charge in [0.25, 0.3) is 0 Å². The summed E-state index contributed by atoms with van der Waals surface area (Å²) in [5.41, 5.74) is 5.75. The van der Waals surface area contributed by atoms with Crippen LogP contribution in [0.25, 0.3) is 0 Å². The van der Waals surface area contributed by atoms with Crippen LogP contribution >= 0.6 is 0 Å². The topological polar surface area (TPSA) is 9.23 Å². The lowest BCUT2D eigenvalue weighted by Crippen LogP contribution is -2.56. The van der Waals surface area contributed by atoms with Crippen molar-refractivity contribution in [1.29, 1.82) is 0 Å². The Morgan fingerprint density at radius 1 is 0.349 bits per heavy atom. The van der Waals surface area contributed by atoms with Gasteiger partial charge in [-0.25, -0.2) is 0 Å². The Labute approximate surface area is 266 Å². The molecular formula is C40H54OSi2. The van der Waals surface area contributed by atoms with Crippen molar-refractivity contribution < 1.29 is 4.12 Å². The van der Waals surface area contributed by atoms with E-state index in [0.29, 0.717) is 0 Å². The number of rotatable bonds is 18. The van der Waals surface area contributed by atoms with Crippen LogP contribution in [0.2, 0.25) is 0 Å². The molecule has 0 spiro atoms. The largest absolute Gasteiger partial charge is 0.446 e. The molecule has 4 aromatic carbocycles. The second kappa shape index (κ2) is 18.2. The van der Waals surface area contributed by atoms with E-state index in [1.807, 2.05) is 0 Å². The molecule has 0 bridgehead atoms. The minimum absolute atomic E-state index is 1.15. The lowest BCUT2D eigenvalue weighted by atomic mass is 10.1. The van der Waals surface area contributed by atoms with Gasteiger partial charge in [-0.1, -0.05) is 150 Å². The van der Waals surface area contributed by atoms with Crippen molar-refractivity contribution in [2.75, 3.05) is 0 Å². The van der Waals surface area contributed by atoms with Gasteiger partial charge in [-0.05, 0) is 94.4 Å². The highest BCUT2D eigenvalue weighted by Crippen LogP contribution is 2.10. The summed E-state index contributed by atoms with van der Waals surface area (Å²) in [7, 11) is -3.89. The van der Waals surface area contributed by atoms with E-state index in [4.69, 9.17) is 4.12 Å². The van der Waals surface area contributed by atoms with Crippen molar-refractivity contribution in [3.63, 3.8) is 0 Å². The van der Waals surface area contributed by atoms with Crippen LogP contribution in [-0.2, 0) is 29.8 Å². The maximum absolute atomic E-state index is 7.56. The summed E-state index contributed by atoms with van der Waals surface area (Å²) in [6, 6.07) is 37.8. The van der Waals surface area contributed by atoms with Gasteiger partial charge in [-0.3, -0.25) is 0 Å². The normalized spacial score (nSPS) is 11.5. The van der Waals surface area contributed by atoms with Gasteiger partial charge < -0.3 is 4.12 Å². The van der Waals surface area contributed by atoms with Gasteiger partial charge in [0.15, 0.2) is 0 Å². The first-order valence-corrected chi connectivity index (χ1v) is 20.4. The zero-order valence-electron chi connectivity index (χ0n) is 27.3. The number of hydrogen-bond donors (Lipinski definition) is 0. The van der Waals surface area contributed by atoms with Crippen molar-refractivity contribution in [3.05, 3.63) is 119 Å². The highest BCUT2D eigenvalue weighted by Gasteiger charge is 2.26. The summed E-state index contributed by atoms with van der Waals surface area (Å²) in [6.07, 6.45) is 14.5. The van der Waals surface area contributed by atoms with E-state index < -0.39 is 18.1 Å². The van der Waals surface area contributed by atoms with Crippen LogP contribution in [0.1, 0.15) is 101 Å². The molecule has 43 heavy (non-hydrogen) atoms. The fourth-order valence-corrected chi connectivity index (χ4v) is 12.3. The van der Waals surface area contributed by atoms with Crippen LogP contribution in [0, 0.1) is 0 Å². The molecule has 0 N–H and O–H groups in total. The van der Waals surface area contributed by atoms with Crippen LogP contribution in [-0.4, -0.2) is 18.1 Å². The predicted octanol–water partition coefficient (Wildman–Crippen LogP) is 7.45. The van der Waals surface area contributed by atoms with Crippen LogP contribution in [0.4, 0.5) is 0 Å². The SMILES string of the molecule is CCCCc1ccc([SiH](O[SiH](c2ccc(CCCC)cc2)c2ccc(CCCC)cc2)c2ccc(CCCC)cc2)cc1. The molecule has 0 aliphatic heterocycles. The zero-order chi connectivity index (χ0) is 30.3. The van der Waals surface area contributed by atoms with Gasteiger partial charge in [0.1, 0.15) is 0 Å². The average molecular weight is 607 g/mol. The first kappa shape index (κ1) is 33.2. The number of aryl methyl sites for hydroxylation is 4. The third-order valence-corrected chi connectivity index (χ3v) is 14.8. The van der Waals surface area contributed by atoms with Gasteiger partial charge in [0.05, 0.1) is 0 Å². The van der Waals surface area contributed by atoms with Crippen molar-refractivity contribution >= 4 is 38.8 Å². The minimum atomic E-state index is -1.94. The molecule has 3 heteroatoms. The van der Waals surface area contributed by atoms with Gasteiger partial charge in [0, 0.05) is 0 Å². The summed E-state index contributed by atoms with van der Waals surface area (Å²) in [5, 5.41) is 5.55. The molecule has 228 valence electrons. The van der Waals surface area contributed by atoms with E-state index in [2.05, 4.69) is 125 Å². The molecule has 0 atom stereocenters. The Hall–Kier alpha value is -2.73. The van der Waals surface area contributed by atoms with Crippen molar-refractivity contribution in [1.82, 2.24) is 0 Å². The van der Waals surface area contributed by atoms with Crippen LogP contribution < -0.4 is 20.7 Å². The molecule has 0 saturated heterocycles. The number of benzene rings is 4. The van der Waals surface area contributed by atoms with Crippen molar-refractivity contribution in [2.24, 2.45) is 0 Å². The molecule has 0 aliphatic carbocycles. The van der Waals surface area contributed by atoms with E-state index in [1.54, 1.807) is 0 Å². The van der Waals surface area contributed by atoms with E-state index >= 15 is 0 Å². The van der Waals surface area contributed by atoms with E-state index in [1.165, 1.54) is 94.4 Å². The molecule has 0 aliphatic rings.